The molecule has 0 aliphatic rings. The van der Waals surface area contributed by atoms with Crippen LogP contribution in [-0.4, -0.2) is 36.1 Å². The molecule has 1 aromatic rings. The minimum Gasteiger partial charge on any atom is -0.384 e. The molecule has 0 aliphatic heterocycles. The Labute approximate surface area is 104 Å². The van der Waals surface area contributed by atoms with Gasteiger partial charge in [-0.2, -0.15) is 5.26 Å². The van der Waals surface area contributed by atoms with Crippen LogP contribution in [0.3, 0.4) is 0 Å². The quantitative estimate of drug-likeness (QED) is 0.814. The van der Waals surface area contributed by atoms with E-state index in [9.17, 15) is 4.79 Å². The number of nitriles is 1. The van der Waals surface area contributed by atoms with Gasteiger partial charge in [-0.1, -0.05) is 11.8 Å². The molecule has 0 unspecified atom stereocenters. The molecule has 0 radical (unpaired) electrons. The second kappa shape index (κ2) is 6.70. The van der Waals surface area contributed by atoms with Crippen LogP contribution in [-0.2, 0) is 0 Å². The van der Waals surface area contributed by atoms with E-state index in [1.165, 1.54) is 16.2 Å². The highest BCUT2D eigenvalue weighted by Gasteiger charge is 2.13. The summed E-state index contributed by atoms with van der Waals surface area (Å²) in [5.74, 6) is 5.17. The van der Waals surface area contributed by atoms with E-state index in [1.54, 1.807) is 19.2 Å². The molecule has 5 heteroatoms. The van der Waals surface area contributed by atoms with Crippen molar-refractivity contribution < 1.29 is 9.90 Å². The highest BCUT2D eigenvalue weighted by molar-refractivity contribution is 7.14. The average Bonchev–Trinajstić information content (AvgIpc) is 2.81. The van der Waals surface area contributed by atoms with Crippen molar-refractivity contribution in [3.8, 4) is 17.9 Å². The Balaban J connectivity index is 2.70. The van der Waals surface area contributed by atoms with Crippen LogP contribution in [0.25, 0.3) is 0 Å². The van der Waals surface area contributed by atoms with Gasteiger partial charge in [0.05, 0.1) is 22.2 Å². The first kappa shape index (κ1) is 13.2. The van der Waals surface area contributed by atoms with Gasteiger partial charge in [-0.25, -0.2) is 0 Å². The van der Waals surface area contributed by atoms with Crippen LogP contribution in [0.2, 0.25) is 0 Å². The summed E-state index contributed by atoms with van der Waals surface area (Å²) >= 11 is 1.28. The number of carbonyl (C=O) groups excluding carboxylic acids is 1. The lowest BCUT2D eigenvalue weighted by molar-refractivity contribution is 0.0803. The number of thiophene rings is 1. The lowest BCUT2D eigenvalue weighted by Crippen LogP contribution is -2.26. The van der Waals surface area contributed by atoms with E-state index < -0.39 is 0 Å². The van der Waals surface area contributed by atoms with Crippen LogP contribution in [0.1, 0.15) is 21.0 Å². The Morgan fingerprint density at radius 2 is 2.35 bits per heavy atom. The number of carbonyl (C=O) groups is 1. The van der Waals surface area contributed by atoms with Gasteiger partial charge < -0.3 is 10.0 Å². The maximum absolute atomic E-state index is 11.9. The third-order valence-corrected chi connectivity index (χ3v) is 3.00. The predicted molar refractivity (Wildman–Crippen MR) is 65.5 cm³/mol. The molecule has 0 spiro atoms. The molecule has 1 aromatic heterocycles. The molecule has 1 amide bonds. The molecule has 0 saturated carbocycles. The second-order valence-electron chi connectivity index (χ2n) is 3.26. The van der Waals surface area contributed by atoms with Crippen molar-refractivity contribution >= 4 is 17.2 Å². The minimum atomic E-state index is -0.191. The third-order valence-electron chi connectivity index (χ3n) is 2.01. The first-order valence-electron chi connectivity index (χ1n) is 5.01. The zero-order valence-corrected chi connectivity index (χ0v) is 10.3. The van der Waals surface area contributed by atoms with E-state index in [1.807, 2.05) is 6.07 Å². The lowest BCUT2D eigenvalue weighted by atomic mass is 10.3. The molecule has 4 nitrogen and oxygen atoms in total. The number of aliphatic hydroxyl groups is 1. The van der Waals surface area contributed by atoms with Crippen molar-refractivity contribution in [3.05, 3.63) is 21.9 Å². The smallest absolute Gasteiger partial charge is 0.263 e. The summed E-state index contributed by atoms with van der Waals surface area (Å²) in [5, 5.41) is 17.0. The van der Waals surface area contributed by atoms with Gasteiger partial charge in [-0.15, -0.1) is 11.3 Å². The van der Waals surface area contributed by atoms with Crippen LogP contribution in [0, 0.1) is 23.2 Å². The Bertz CT molecular complexity index is 491. The number of aliphatic hydroxyl groups excluding tert-OH is 1. The number of hydrogen-bond acceptors (Lipinski definition) is 4. The fourth-order valence-electron chi connectivity index (χ4n) is 1.15. The highest BCUT2D eigenvalue weighted by atomic mass is 32.1. The molecule has 0 atom stereocenters. The third kappa shape index (κ3) is 3.92. The van der Waals surface area contributed by atoms with E-state index >= 15 is 0 Å². The Kier molecular flexibility index (Phi) is 5.22. The van der Waals surface area contributed by atoms with Gasteiger partial charge in [-0.3, -0.25) is 4.79 Å². The SMILES string of the molecule is CN(CCC#N)C(=O)c1ccc(C#CCO)s1. The molecule has 0 saturated heterocycles. The van der Waals surface area contributed by atoms with E-state index in [4.69, 9.17) is 10.4 Å². The highest BCUT2D eigenvalue weighted by Crippen LogP contribution is 2.17. The Hall–Kier alpha value is -1.82. The molecule has 1 N–H and O–H groups in total. The lowest BCUT2D eigenvalue weighted by Gasteiger charge is -2.13. The van der Waals surface area contributed by atoms with Crippen LogP contribution < -0.4 is 0 Å². The summed E-state index contributed by atoms with van der Waals surface area (Å²) in [4.78, 5) is 14.7. The Morgan fingerprint density at radius 1 is 1.59 bits per heavy atom. The molecule has 1 heterocycles. The monoisotopic (exact) mass is 248 g/mol. The van der Waals surface area contributed by atoms with Crippen LogP contribution in [0.5, 0.6) is 0 Å². The molecular weight excluding hydrogens is 236 g/mol. The van der Waals surface area contributed by atoms with Crippen LogP contribution in [0.15, 0.2) is 12.1 Å². The van der Waals surface area contributed by atoms with Gasteiger partial charge in [0.2, 0.25) is 0 Å². The summed E-state index contributed by atoms with van der Waals surface area (Å²) in [6.45, 7) is 0.230. The van der Waals surface area contributed by atoms with Crippen molar-refractivity contribution in [1.82, 2.24) is 4.90 Å². The van der Waals surface area contributed by atoms with E-state index in [0.717, 1.165) is 4.88 Å². The summed E-state index contributed by atoms with van der Waals surface area (Å²) in [6, 6.07) is 5.45. The van der Waals surface area contributed by atoms with Crippen molar-refractivity contribution in [1.29, 1.82) is 5.26 Å². The van der Waals surface area contributed by atoms with E-state index in [0.29, 0.717) is 17.8 Å². The first-order valence-corrected chi connectivity index (χ1v) is 5.82. The Morgan fingerprint density at radius 3 is 3.00 bits per heavy atom. The normalized spacial score (nSPS) is 9.00. The molecule has 0 bridgehead atoms. The molecular formula is C12H12N2O2S. The topological polar surface area (TPSA) is 64.3 Å². The van der Waals surface area contributed by atoms with E-state index in [-0.39, 0.29) is 12.5 Å². The van der Waals surface area contributed by atoms with Crippen LogP contribution >= 0.6 is 11.3 Å². The van der Waals surface area contributed by atoms with Crippen molar-refractivity contribution in [2.45, 2.75) is 6.42 Å². The molecule has 17 heavy (non-hydrogen) atoms. The van der Waals surface area contributed by atoms with Gasteiger partial charge in [-0.05, 0) is 12.1 Å². The van der Waals surface area contributed by atoms with Crippen molar-refractivity contribution in [2.75, 3.05) is 20.2 Å². The number of hydrogen-bond donors (Lipinski definition) is 1. The van der Waals surface area contributed by atoms with Gasteiger partial charge in [0.15, 0.2) is 0 Å². The zero-order chi connectivity index (χ0) is 12.7. The molecule has 0 aliphatic carbocycles. The fraction of sp³-hybridized carbons (Fsp3) is 0.333. The van der Waals surface area contributed by atoms with Gasteiger partial charge in [0.1, 0.15) is 6.61 Å². The zero-order valence-electron chi connectivity index (χ0n) is 9.43. The molecule has 0 aromatic carbocycles. The number of rotatable bonds is 3. The van der Waals surface area contributed by atoms with Gasteiger partial charge in [0.25, 0.3) is 5.91 Å². The van der Waals surface area contributed by atoms with E-state index in [2.05, 4.69) is 11.8 Å². The number of amides is 1. The molecule has 1 rings (SSSR count). The average molecular weight is 248 g/mol. The number of nitrogens with zero attached hydrogens (tertiary/aromatic N) is 2. The first-order chi connectivity index (χ1) is 8.19. The second-order valence-corrected chi connectivity index (χ2v) is 4.34. The van der Waals surface area contributed by atoms with Gasteiger partial charge in [0, 0.05) is 13.6 Å². The summed E-state index contributed by atoms with van der Waals surface area (Å²) in [5.41, 5.74) is 0. The largest absolute Gasteiger partial charge is 0.384 e. The fourth-order valence-corrected chi connectivity index (χ4v) is 2.03. The van der Waals surface area contributed by atoms with Crippen LogP contribution in [0.4, 0.5) is 0 Å². The summed E-state index contributed by atoms with van der Waals surface area (Å²) in [6.07, 6.45) is 0.324. The summed E-state index contributed by atoms with van der Waals surface area (Å²) < 4.78 is 0. The van der Waals surface area contributed by atoms with Crippen molar-refractivity contribution in [3.63, 3.8) is 0 Å². The maximum Gasteiger partial charge on any atom is 0.263 e. The standard InChI is InChI=1S/C12H12N2O2S/c1-14(8-3-7-13)12(16)11-6-5-10(17-11)4-2-9-15/h5-6,15H,3,8-9H2,1H3. The predicted octanol–water partition coefficient (Wildman–Crippen LogP) is 1.08. The molecule has 0 fully saturated rings. The van der Waals surface area contributed by atoms with Crippen molar-refractivity contribution in [2.24, 2.45) is 0 Å². The molecule has 88 valence electrons. The maximum atomic E-state index is 11.9. The minimum absolute atomic E-state index is 0.109. The van der Waals surface area contributed by atoms with Gasteiger partial charge >= 0.3 is 0 Å². The summed E-state index contributed by atoms with van der Waals surface area (Å²) in [7, 11) is 1.67.